The van der Waals surface area contributed by atoms with Crippen LogP contribution in [0.1, 0.15) is 39.7 Å². The molecule has 0 saturated carbocycles. The topological polar surface area (TPSA) is 62.1 Å². The van der Waals surface area contributed by atoms with Crippen LogP contribution in [0.25, 0.3) is 10.8 Å². The van der Waals surface area contributed by atoms with Crippen molar-refractivity contribution in [1.29, 1.82) is 5.26 Å². The van der Waals surface area contributed by atoms with E-state index in [1.807, 2.05) is 30.3 Å². The zero-order chi connectivity index (χ0) is 19.8. The molecule has 1 aromatic heterocycles. The first-order valence-electron chi connectivity index (χ1n) is 9.14. The fourth-order valence-corrected chi connectivity index (χ4v) is 5.87. The Labute approximate surface area is 176 Å². The van der Waals surface area contributed by atoms with E-state index in [-0.39, 0.29) is 5.91 Å². The van der Waals surface area contributed by atoms with Crippen LogP contribution in [-0.4, -0.2) is 13.0 Å². The van der Waals surface area contributed by atoms with Crippen molar-refractivity contribution in [2.75, 3.05) is 12.4 Å². The van der Waals surface area contributed by atoms with Crippen LogP contribution in [0.5, 0.6) is 5.75 Å². The molecule has 6 heteroatoms. The summed E-state index contributed by atoms with van der Waals surface area (Å²) in [6.45, 7) is 2.23. The minimum absolute atomic E-state index is 0.272. The van der Waals surface area contributed by atoms with Gasteiger partial charge in [0.2, 0.25) is 0 Å². The van der Waals surface area contributed by atoms with Crippen LogP contribution in [0.4, 0.5) is 5.00 Å². The second-order valence-electron chi connectivity index (χ2n) is 7.11. The van der Waals surface area contributed by atoms with E-state index < -0.39 is 0 Å². The van der Waals surface area contributed by atoms with Crippen molar-refractivity contribution < 1.29 is 9.53 Å². The number of thiophene rings is 1. The molecule has 0 saturated heterocycles. The monoisotopic (exact) mass is 454 g/mol. The van der Waals surface area contributed by atoms with Gasteiger partial charge in [-0.1, -0.05) is 31.2 Å². The quantitative estimate of drug-likeness (QED) is 0.533. The van der Waals surface area contributed by atoms with Crippen molar-refractivity contribution >= 4 is 48.9 Å². The predicted octanol–water partition coefficient (Wildman–Crippen LogP) is 5.92. The summed E-state index contributed by atoms with van der Waals surface area (Å²) < 4.78 is 6.27. The van der Waals surface area contributed by atoms with Crippen LogP contribution in [0.3, 0.4) is 0 Å². The molecule has 1 unspecified atom stereocenters. The molecule has 1 aliphatic carbocycles. The third kappa shape index (κ3) is 3.19. The SMILES string of the molecule is COc1c(C(=O)Nc2sc3c(c2C#N)CCC(C)C3)cc2ccccc2c1Br. The van der Waals surface area contributed by atoms with Crippen molar-refractivity contribution in [2.45, 2.75) is 26.2 Å². The number of ether oxygens (including phenoxy) is 1. The van der Waals surface area contributed by atoms with Gasteiger partial charge >= 0.3 is 0 Å². The predicted molar refractivity (Wildman–Crippen MR) is 116 cm³/mol. The average Bonchev–Trinajstić information content (AvgIpc) is 3.03. The van der Waals surface area contributed by atoms with Crippen molar-refractivity contribution in [2.24, 2.45) is 5.92 Å². The number of hydrogen-bond donors (Lipinski definition) is 1. The molecule has 4 rings (SSSR count). The first kappa shape index (κ1) is 19.0. The van der Waals surface area contributed by atoms with Gasteiger partial charge in [-0.15, -0.1) is 11.3 Å². The summed E-state index contributed by atoms with van der Waals surface area (Å²) in [4.78, 5) is 14.3. The van der Waals surface area contributed by atoms with Crippen LogP contribution >= 0.6 is 27.3 Å². The number of amides is 1. The van der Waals surface area contributed by atoms with E-state index >= 15 is 0 Å². The van der Waals surface area contributed by atoms with Crippen LogP contribution in [0.2, 0.25) is 0 Å². The van der Waals surface area contributed by atoms with Crippen molar-refractivity contribution in [1.82, 2.24) is 0 Å². The van der Waals surface area contributed by atoms with Crippen molar-refractivity contribution in [3.05, 3.63) is 56.4 Å². The third-order valence-electron chi connectivity index (χ3n) is 5.24. The van der Waals surface area contributed by atoms with E-state index in [2.05, 4.69) is 34.2 Å². The Morgan fingerprint density at radius 3 is 2.93 bits per heavy atom. The van der Waals surface area contributed by atoms with Gasteiger partial charge in [-0.2, -0.15) is 5.26 Å². The molecule has 1 N–H and O–H groups in total. The molecule has 28 heavy (non-hydrogen) atoms. The normalized spacial score (nSPS) is 15.7. The Morgan fingerprint density at radius 2 is 2.18 bits per heavy atom. The average molecular weight is 455 g/mol. The first-order valence-corrected chi connectivity index (χ1v) is 10.8. The number of halogens is 1. The Hall–Kier alpha value is -2.36. The first-order chi connectivity index (χ1) is 13.5. The molecule has 2 aromatic carbocycles. The van der Waals surface area contributed by atoms with Crippen LogP contribution in [-0.2, 0) is 12.8 Å². The highest BCUT2D eigenvalue weighted by atomic mass is 79.9. The maximum atomic E-state index is 13.1. The minimum atomic E-state index is -0.272. The Morgan fingerprint density at radius 1 is 1.39 bits per heavy atom. The fourth-order valence-electron chi connectivity index (χ4n) is 3.78. The van der Waals surface area contributed by atoms with Gasteiger partial charge in [-0.05, 0) is 63.5 Å². The van der Waals surface area contributed by atoms with Gasteiger partial charge in [-0.3, -0.25) is 4.79 Å². The van der Waals surface area contributed by atoms with Gasteiger partial charge in [0, 0.05) is 4.88 Å². The number of methoxy groups -OCH3 is 1. The smallest absolute Gasteiger partial charge is 0.260 e. The molecule has 0 radical (unpaired) electrons. The number of carbonyl (C=O) groups is 1. The van der Waals surface area contributed by atoms with Crippen LogP contribution in [0, 0.1) is 17.2 Å². The van der Waals surface area contributed by atoms with Gasteiger partial charge in [0.1, 0.15) is 16.8 Å². The number of nitrogens with one attached hydrogen (secondary N) is 1. The lowest BCUT2D eigenvalue weighted by molar-refractivity contribution is 0.102. The zero-order valence-corrected chi connectivity index (χ0v) is 18.0. The third-order valence-corrected chi connectivity index (χ3v) is 7.20. The molecule has 3 aromatic rings. The lowest BCUT2D eigenvalue weighted by atomic mass is 9.88. The molecule has 0 spiro atoms. The molecule has 4 nitrogen and oxygen atoms in total. The molecule has 1 aliphatic rings. The molecule has 1 amide bonds. The van der Waals surface area contributed by atoms with Crippen molar-refractivity contribution in [3.63, 3.8) is 0 Å². The van der Waals surface area contributed by atoms with Gasteiger partial charge in [0.15, 0.2) is 0 Å². The highest BCUT2D eigenvalue weighted by Crippen LogP contribution is 2.41. The molecular weight excluding hydrogens is 436 g/mol. The van der Waals surface area contributed by atoms with E-state index in [1.54, 1.807) is 7.11 Å². The lowest BCUT2D eigenvalue weighted by Crippen LogP contribution is -2.14. The van der Waals surface area contributed by atoms with Crippen LogP contribution in [0.15, 0.2) is 34.8 Å². The molecule has 142 valence electrons. The number of fused-ring (bicyclic) bond motifs is 2. The van der Waals surface area contributed by atoms with E-state index in [4.69, 9.17) is 4.74 Å². The lowest BCUT2D eigenvalue weighted by Gasteiger charge is -2.17. The summed E-state index contributed by atoms with van der Waals surface area (Å²) in [6.07, 6.45) is 2.95. The molecule has 1 atom stereocenters. The molecule has 0 aliphatic heterocycles. The zero-order valence-electron chi connectivity index (χ0n) is 15.6. The summed E-state index contributed by atoms with van der Waals surface area (Å²) in [6, 6.07) is 12.0. The number of carbonyl (C=O) groups excluding carboxylic acids is 1. The fraction of sp³-hybridized carbons (Fsp3) is 0.273. The number of hydrogen-bond acceptors (Lipinski definition) is 4. The minimum Gasteiger partial charge on any atom is -0.495 e. The molecule has 0 bridgehead atoms. The van der Waals surface area contributed by atoms with Gasteiger partial charge in [-0.25, -0.2) is 0 Å². The Bertz CT molecular complexity index is 1130. The van der Waals surface area contributed by atoms with E-state index in [0.29, 0.717) is 27.8 Å². The summed E-state index contributed by atoms with van der Waals surface area (Å²) in [5, 5.41) is 15.2. The Balaban J connectivity index is 1.75. The molecule has 0 fully saturated rings. The summed E-state index contributed by atoms with van der Waals surface area (Å²) in [5.41, 5.74) is 2.16. The van der Waals surface area contributed by atoms with E-state index in [9.17, 15) is 10.1 Å². The highest BCUT2D eigenvalue weighted by molar-refractivity contribution is 9.10. The molecule has 1 heterocycles. The standard InChI is InChI=1S/C22H19BrN2O2S/c1-12-7-8-15-17(11-24)22(28-18(15)9-12)25-21(26)16-10-13-5-3-4-6-14(13)19(23)20(16)27-2/h3-6,10,12H,7-9H2,1-2H3,(H,25,26). The maximum Gasteiger partial charge on any atom is 0.260 e. The maximum absolute atomic E-state index is 13.1. The summed E-state index contributed by atoms with van der Waals surface area (Å²) in [7, 11) is 1.55. The number of anilines is 1. The summed E-state index contributed by atoms with van der Waals surface area (Å²) >= 11 is 5.10. The Kier molecular flexibility index (Phi) is 5.13. The number of nitrogens with zero attached hydrogens (tertiary/aromatic N) is 1. The largest absolute Gasteiger partial charge is 0.495 e. The number of nitriles is 1. The second-order valence-corrected chi connectivity index (χ2v) is 9.01. The summed E-state index contributed by atoms with van der Waals surface area (Å²) in [5.74, 6) is 0.828. The van der Waals surface area contributed by atoms with Crippen molar-refractivity contribution in [3.8, 4) is 11.8 Å². The van der Waals surface area contributed by atoms with Crippen LogP contribution < -0.4 is 10.1 Å². The van der Waals surface area contributed by atoms with E-state index in [0.717, 1.165) is 40.1 Å². The number of benzene rings is 2. The van der Waals surface area contributed by atoms with Gasteiger partial charge in [0.05, 0.1) is 22.7 Å². The number of rotatable bonds is 3. The highest BCUT2D eigenvalue weighted by Gasteiger charge is 2.26. The van der Waals surface area contributed by atoms with Gasteiger partial charge < -0.3 is 10.1 Å². The van der Waals surface area contributed by atoms with E-state index in [1.165, 1.54) is 16.2 Å². The second kappa shape index (κ2) is 7.57. The van der Waals surface area contributed by atoms with Gasteiger partial charge in [0.25, 0.3) is 5.91 Å². The molecular formula is C22H19BrN2O2S.